The van der Waals surface area contributed by atoms with Gasteiger partial charge in [-0.05, 0) is 31.7 Å². The summed E-state index contributed by atoms with van der Waals surface area (Å²) in [5.74, 6) is 0.209. The third-order valence-electron chi connectivity index (χ3n) is 4.16. The van der Waals surface area contributed by atoms with Gasteiger partial charge in [-0.2, -0.15) is 0 Å². The molecule has 1 N–H and O–H groups in total. The summed E-state index contributed by atoms with van der Waals surface area (Å²) in [4.78, 5) is 12.1. The fraction of sp³-hybridized carbons (Fsp3) is 0.588. The molecule has 0 spiro atoms. The Morgan fingerprint density at radius 1 is 1.22 bits per heavy atom. The second-order valence-corrected chi connectivity index (χ2v) is 8.31. The first kappa shape index (κ1) is 17.9. The van der Waals surface area contributed by atoms with Gasteiger partial charge in [0.2, 0.25) is 15.9 Å². The number of hydrogen-bond donors (Lipinski definition) is 1. The zero-order valence-corrected chi connectivity index (χ0v) is 14.7. The number of amides is 1. The second kappa shape index (κ2) is 7.93. The largest absolute Gasteiger partial charge is 0.353 e. The molecule has 0 radical (unpaired) electrons. The van der Waals surface area contributed by atoms with Crippen LogP contribution in [0.5, 0.6) is 0 Å². The van der Waals surface area contributed by atoms with Crippen LogP contribution < -0.4 is 5.32 Å². The van der Waals surface area contributed by atoms with Gasteiger partial charge in [0.05, 0.1) is 12.2 Å². The Hall–Kier alpha value is -1.40. The van der Waals surface area contributed by atoms with Gasteiger partial charge in [0.15, 0.2) is 0 Å². The Bertz CT molecular complexity index is 618. The molecule has 1 aromatic carbocycles. The molecular formula is C17H26N2O3S. The molecule has 1 heterocycles. The maximum atomic E-state index is 12.1. The molecule has 1 aliphatic heterocycles. The van der Waals surface area contributed by atoms with E-state index in [-0.39, 0.29) is 17.7 Å². The number of carbonyl (C=O) groups is 1. The maximum absolute atomic E-state index is 12.1. The Morgan fingerprint density at radius 3 is 2.39 bits per heavy atom. The zero-order chi connectivity index (χ0) is 16.9. The number of nitrogens with zero attached hydrogens (tertiary/aromatic N) is 1. The minimum Gasteiger partial charge on any atom is -0.353 e. The number of hydrogen-bond acceptors (Lipinski definition) is 3. The molecule has 1 aromatic rings. The summed E-state index contributed by atoms with van der Waals surface area (Å²) in [5, 5.41) is 3.03. The highest BCUT2D eigenvalue weighted by atomic mass is 32.2. The molecule has 1 fully saturated rings. The van der Waals surface area contributed by atoms with Crippen molar-refractivity contribution in [3.05, 3.63) is 35.4 Å². The maximum Gasteiger partial charge on any atom is 0.224 e. The van der Waals surface area contributed by atoms with E-state index in [1.165, 1.54) is 5.56 Å². The van der Waals surface area contributed by atoms with E-state index in [1.54, 1.807) is 4.31 Å². The van der Waals surface area contributed by atoms with Crippen LogP contribution in [-0.2, 0) is 21.2 Å². The second-order valence-electron chi connectivity index (χ2n) is 6.22. The summed E-state index contributed by atoms with van der Waals surface area (Å²) in [6, 6.07) is 8.00. The highest BCUT2D eigenvalue weighted by molar-refractivity contribution is 7.89. The van der Waals surface area contributed by atoms with Gasteiger partial charge in [-0.25, -0.2) is 12.7 Å². The van der Waals surface area contributed by atoms with Crippen molar-refractivity contribution in [1.29, 1.82) is 0 Å². The Balaban J connectivity index is 1.80. The molecule has 0 atom stereocenters. The average molecular weight is 338 g/mol. The van der Waals surface area contributed by atoms with Gasteiger partial charge in [-0.15, -0.1) is 0 Å². The molecule has 1 amide bonds. The van der Waals surface area contributed by atoms with E-state index < -0.39 is 10.0 Å². The summed E-state index contributed by atoms with van der Waals surface area (Å²) >= 11 is 0. The summed E-state index contributed by atoms with van der Waals surface area (Å²) in [7, 11) is -3.12. The lowest BCUT2D eigenvalue weighted by molar-refractivity contribution is -0.121. The summed E-state index contributed by atoms with van der Waals surface area (Å²) in [5.41, 5.74) is 2.17. The monoisotopic (exact) mass is 338 g/mol. The van der Waals surface area contributed by atoms with Crippen LogP contribution in [-0.4, -0.2) is 43.5 Å². The molecule has 1 saturated heterocycles. The lowest BCUT2D eigenvalue weighted by atomic mass is 10.1. The number of sulfonamides is 1. The smallest absolute Gasteiger partial charge is 0.224 e. The third kappa shape index (κ3) is 5.32. The predicted molar refractivity (Wildman–Crippen MR) is 91.7 cm³/mol. The number of aryl methyl sites for hydroxylation is 1. The molecule has 0 bridgehead atoms. The molecule has 128 valence electrons. The van der Waals surface area contributed by atoms with Gasteiger partial charge >= 0.3 is 0 Å². The molecule has 6 heteroatoms. The minimum atomic E-state index is -3.12. The highest BCUT2D eigenvalue weighted by Crippen LogP contribution is 2.15. The van der Waals surface area contributed by atoms with E-state index in [9.17, 15) is 13.2 Å². The molecule has 0 aliphatic carbocycles. The van der Waals surface area contributed by atoms with Gasteiger partial charge in [0.1, 0.15) is 0 Å². The molecular weight excluding hydrogens is 312 g/mol. The fourth-order valence-electron chi connectivity index (χ4n) is 2.84. The standard InChI is InChI=1S/C17H26N2O3S/c1-3-12-23(21,22)19-10-8-16(9-11-19)18-17(20)13-15-6-4-14(2)5-7-15/h4-7,16H,3,8-13H2,1-2H3,(H,18,20). The first-order valence-electron chi connectivity index (χ1n) is 8.23. The van der Waals surface area contributed by atoms with E-state index in [1.807, 2.05) is 38.1 Å². The lowest BCUT2D eigenvalue weighted by Gasteiger charge is -2.31. The molecule has 0 aromatic heterocycles. The molecule has 5 nitrogen and oxygen atoms in total. The number of nitrogens with one attached hydrogen (secondary N) is 1. The average Bonchev–Trinajstić information content (AvgIpc) is 2.50. The summed E-state index contributed by atoms with van der Waals surface area (Å²) in [6.07, 6.45) is 2.37. The number of benzene rings is 1. The molecule has 0 saturated carbocycles. The Kier molecular flexibility index (Phi) is 6.18. The van der Waals surface area contributed by atoms with Gasteiger partial charge in [-0.1, -0.05) is 36.8 Å². The van der Waals surface area contributed by atoms with Crippen molar-refractivity contribution in [2.24, 2.45) is 0 Å². The van der Waals surface area contributed by atoms with Crippen LogP contribution in [0.1, 0.15) is 37.3 Å². The number of carbonyl (C=O) groups excluding carboxylic acids is 1. The van der Waals surface area contributed by atoms with Crippen molar-refractivity contribution in [2.75, 3.05) is 18.8 Å². The van der Waals surface area contributed by atoms with Crippen LogP contribution in [0.25, 0.3) is 0 Å². The van der Waals surface area contributed by atoms with Crippen LogP contribution in [0.2, 0.25) is 0 Å². The quantitative estimate of drug-likeness (QED) is 0.861. The van der Waals surface area contributed by atoms with E-state index >= 15 is 0 Å². The van der Waals surface area contributed by atoms with Crippen molar-refractivity contribution in [3.63, 3.8) is 0 Å². The first-order chi connectivity index (χ1) is 10.9. The van der Waals surface area contributed by atoms with Gasteiger partial charge in [-0.3, -0.25) is 4.79 Å². The van der Waals surface area contributed by atoms with E-state index in [0.717, 1.165) is 5.56 Å². The third-order valence-corrected chi connectivity index (χ3v) is 6.24. The molecule has 23 heavy (non-hydrogen) atoms. The molecule has 2 rings (SSSR count). The normalized spacial score (nSPS) is 17.1. The van der Waals surface area contributed by atoms with E-state index in [4.69, 9.17) is 0 Å². The topological polar surface area (TPSA) is 66.5 Å². The SMILES string of the molecule is CCCS(=O)(=O)N1CCC(NC(=O)Cc2ccc(C)cc2)CC1. The van der Waals surface area contributed by atoms with E-state index in [0.29, 0.717) is 38.8 Å². The van der Waals surface area contributed by atoms with Crippen molar-refractivity contribution < 1.29 is 13.2 Å². The molecule has 0 unspecified atom stereocenters. The number of rotatable bonds is 6. The van der Waals surface area contributed by atoms with Crippen LogP contribution >= 0.6 is 0 Å². The van der Waals surface area contributed by atoms with Crippen LogP contribution in [0, 0.1) is 6.92 Å². The van der Waals surface area contributed by atoms with Crippen LogP contribution in [0.15, 0.2) is 24.3 Å². The lowest BCUT2D eigenvalue weighted by Crippen LogP contribution is -2.47. The zero-order valence-electron chi connectivity index (χ0n) is 13.9. The van der Waals surface area contributed by atoms with Gasteiger partial charge in [0, 0.05) is 19.1 Å². The Morgan fingerprint density at radius 2 is 1.83 bits per heavy atom. The Labute approximate surface area is 139 Å². The van der Waals surface area contributed by atoms with Crippen molar-refractivity contribution in [2.45, 2.75) is 45.6 Å². The first-order valence-corrected chi connectivity index (χ1v) is 9.84. The van der Waals surface area contributed by atoms with Crippen molar-refractivity contribution in [3.8, 4) is 0 Å². The summed E-state index contributed by atoms with van der Waals surface area (Å²) < 4.78 is 25.6. The van der Waals surface area contributed by atoms with Gasteiger partial charge in [0.25, 0.3) is 0 Å². The fourth-order valence-corrected chi connectivity index (χ4v) is 4.38. The van der Waals surface area contributed by atoms with E-state index in [2.05, 4.69) is 5.32 Å². The predicted octanol–water partition coefficient (Wildman–Crippen LogP) is 1.86. The number of piperidine rings is 1. The van der Waals surface area contributed by atoms with Gasteiger partial charge < -0.3 is 5.32 Å². The van der Waals surface area contributed by atoms with Crippen LogP contribution in [0.4, 0.5) is 0 Å². The minimum absolute atomic E-state index is 0.00344. The molecule has 1 aliphatic rings. The summed E-state index contributed by atoms with van der Waals surface area (Å²) in [6.45, 7) is 4.88. The van der Waals surface area contributed by atoms with Crippen molar-refractivity contribution in [1.82, 2.24) is 9.62 Å². The van der Waals surface area contributed by atoms with Crippen LogP contribution in [0.3, 0.4) is 0 Å². The van der Waals surface area contributed by atoms with Crippen molar-refractivity contribution >= 4 is 15.9 Å². The highest BCUT2D eigenvalue weighted by Gasteiger charge is 2.27.